The lowest BCUT2D eigenvalue weighted by molar-refractivity contribution is -0.127. The molecule has 0 spiro atoms. The Morgan fingerprint density at radius 1 is 1.26 bits per heavy atom. The summed E-state index contributed by atoms with van der Waals surface area (Å²) < 4.78 is 55.9. The van der Waals surface area contributed by atoms with E-state index in [1.54, 1.807) is 0 Å². The lowest BCUT2D eigenvalue weighted by Crippen LogP contribution is -2.37. The standard InChI is InChI=1S/C20H17F4N3O3S/c1-20(23,24)11-3-2-4-12(9-11)25-17(28)16-15(10-31)26-27(18(16)29)13-5-7-14(8-6-13)30-19(21)22/h2-9,16,19,31H,10H2,1H3,(H,25,28). The second-order valence-corrected chi connectivity index (χ2v) is 6.98. The summed E-state index contributed by atoms with van der Waals surface area (Å²) in [5, 5.41) is 7.52. The quantitative estimate of drug-likeness (QED) is 0.372. The number of rotatable bonds is 7. The fraction of sp³-hybridized carbons (Fsp3) is 0.250. The molecule has 0 saturated heterocycles. The van der Waals surface area contributed by atoms with Crippen LogP contribution in [0.5, 0.6) is 5.75 Å². The SMILES string of the molecule is CC(F)(F)c1cccc(NC(=O)C2C(=O)N(c3ccc(OC(F)F)cc3)N=C2CS)c1. The van der Waals surface area contributed by atoms with Crippen LogP contribution in [0.1, 0.15) is 12.5 Å². The maximum atomic E-state index is 13.5. The number of amides is 2. The van der Waals surface area contributed by atoms with Crippen LogP contribution in [0.2, 0.25) is 0 Å². The molecule has 1 heterocycles. The third-order valence-electron chi connectivity index (χ3n) is 4.39. The van der Waals surface area contributed by atoms with Gasteiger partial charge in [0.2, 0.25) is 5.91 Å². The van der Waals surface area contributed by atoms with Gasteiger partial charge >= 0.3 is 6.61 Å². The molecule has 6 nitrogen and oxygen atoms in total. The number of nitrogens with zero attached hydrogens (tertiary/aromatic N) is 2. The largest absolute Gasteiger partial charge is 0.435 e. The number of carbonyl (C=O) groups is 2. The molecule has 1 unspecified atom stereocenters. The first-order chi connectivity index (χ1) is 14.6. The molecule has 31 heavy (non-hydrogen) atoms. The maximum Gasteiger partial charge on any atom is 0.387 e. The molecule has 11 heteroatoms. The third-order valence-corrected chi connectivity index (χ3v) is 4.71. The Hall–Kier alpha value is -3.08. The summed E-state index contributed by atoms with van der Waals surface area (Å²) in [5.74, 6) is -5.99. The molecule has 0 aliphatic carbocycles. The van der Waals surface area contributed by atoms with Crippen molar-refractivity contribution in [3.8, 4) is 5.75 Å². The molecule has 1 N–H and O–H groups in total. The zero-order valence-corrected chi connectivity index (χ0v) is 17.0. The molecule has 0 bridgehead atoms. The topological polar surface area (TPSA) is 71.0 Å². The molecule has 164 valence electrons. The van der Waals surface area contributed by atoms with Crippen molar-refractivity contribution >= 4 is 41.5 Å². The molecule has 1 aliphatic rings. The van der Waals surface area contributed by atoms with Crippen LogP contribution in [-0.2, 0) is 15.5 Å². The van der Waals surface area contributed by atoms with Crippen LogP contribution in [0.3, 0.4) is 0 Å². The van der Waals surface area contributed by atoms with E-state index in [1.807, 2.05) is 0 Å². The number of hydrogen-bond acceptors (Lipinski definition) is 5. The Morgan fingerprint density at radius 3 is 2.52 bits per heavy atom. The number of benzene rings is 2. The van der Waals surface area contributed by atoms with Crippen molar-refractivity contribution in [3.63, 3.8) is 0 Å². The number of nitrogens with one attached hydrogen (secondary N) is 1. The highest BCUT2D eigenvalue weighted by Crippen LogP contribution is 2.30. The third kappa shape index (κ3) is 5.16. The number of hydrogen-bond donors (Lipinski definition) is 2. The van der Waals surface area contributed by atoms with E-state index in [0.29, 0.717) is 0 Å². The van der Waals surface area contributed by atoms with E-state index < -0.39 is 30.3 Å². The molecule has 0 aromatic heterocycles. The van der Waals surface area contributed by atoms with Crippen molar-refractivity contribution in [2.75, 3.05) is 16.1 Å². The number of carbonyl (C=O) groups excluding carboxylic acids is 2. The smallest absolute Gasteiger partial charge is 0.387 e. The molecule has 1 atom stereocenters. The van der Waals surface area contributed by atoms with Gasteiger partial charge in [-0.1, -0.05) is 12.1 Å². The Kier molecular flexibility index (Phi) is 6.54. The highest BCUT2D eigenvalue weighted by atomic mass is 32.1. The van der Waals surface area contributed by atoms with E-state index in [2.05, 4.69) is 27.8 Å². The second kappa shape index (κ2) is 8.96. The summed E-state index contributed by atoms with van der Waals surface area (Å²) in [4.78, 5) is 25.6. The summed E-state index contributed by atoms with van der Waals surface area (Å²) in [6.45, 7) is -2.26. The van der Waals surface area contributed by atoms with Crippen LogP contribution < -0.4 is 15.1 Å². The maximum absolute atomic E-state index is 13.5. The first kappa shape index (κ1) is 22.6. The molecule has 2 aromatic carbocycles. The monoisotopic (exact) mass is 455 g/mol. The first-order valence-corrected chi connectivity index (χ1v) is 9.59. The average molecular weight is 455 g/mol. The summed E-state index contributed by atoms with van der Waals surface area (Å²) in [5.41, 5.74) is 0.186. The summed E-state index contributed by atoms with van der Waals surface area (Å²) in [6.07, 6.45) is 0. The van der Waals surface area contributed by atoms with Gasteiger partial charge in [0.15, 0.2) is 5.92 Å². The second-order valence-electron chi connectivity index (χ2n) is 6.66. The van der Waals surface area contributed by atoms with Gasteiger partial charge in [0.1, 0.15) is 5.75 Å². The van der Waals surface area contributed by atoms with E-state index in [9.17, 15) is 27.2 Å². The van der Waals surface area contributed by atoms with Crippen LogP contribution in [0.15, 0.2) is 53.6 Å². The number of alkyl halides is 4. The van der Waals surface area contributed by atoms with Crippen molar-refractivity contribution in [2.24, 2.45) is 11.0 Å². The fourth-order valence-corrected chi connectivity index (χ4v) is 3.17. The zero-order valence-electron chi connectivity index (χ0n) is 16.1. The predicted octanol–water partition coefficient (Wildman–Crippen LogP) is 4.29. The Labute approximate surface area is 180 Å². The van der Waals surface area contributed by atoms with E-state index in [1.165, 1.54) is 42.5 Å². The Balaban J connectivity index is 1.79. The van der Waals surface area contributed by atoms with Gasteiger partial charge in [0, 0.05) is 23.9 Å². The van der Waals surface area contributed by atoms with Gasteiger partial charge in [0.05, 0.1) is 11.4 Å². The number of ether oxygens (including phenoxy) is 1. The molecular weight excluding hydrogens is 438 g/mol. The lowest BCUT2D eigenvalue weighted by atomic mass is 10.0. The van der Waals surface area contributed by atoms with Gasteiger partial charge in [0.25, 0.3) is 11.8 Å². The van der Waals surface area contributed by atoms with E-state index in [4.69, 9.17) is 0 Å². The van der Waals surface area contributed by atoms with Crippen molar-refractivity contribution in [1.29, 1.82) is 0 Å². The first-order valence-electron chi connectivity index (χ1n) is 8.96. The van der Waals surface area contributed by atoms with E-state index >= 15 is 0 Å². The Morgan fingerprint density at radius 2 is 1.94 bits per heavy atom. The minimum atomic E-state index is -3.10. The van der Waals surface area contributed by atoms with E-state index in [-0.39, 0.29) is 34.2 Å². The molecule has 0 fully saturated rings. The molecule has 1 aliphatic heterocycles. The van der Waals surface area contributed by atoms with E-state index in [0.717, 1.165) is 18.0 Å². The highest BCUT2D eigenvalue weighted by Gasteiger charge is 2.41. The molecular formula is C20H17F4N3O3S. The predicted molar refractivity (Wildman–Crippen MR) is 110 cm³/mol. The molecule has 0 saturated carbocycles. The van der Waals surface area contributed by atoms with Gasteiger partial charge < -0.3 is 10.1 Å². The van der Waals surface area contributed by atoms with Crippen molar-refractivity contribution < 1.29 is 31.9 Å². The van der Waals surface area contributed by atoms with Crippen LogP contribution in [0, 0.1) is 5.92 Å². The molecule has 2 amide bonds. The molecule has 0 radical (unpaired) electrons. The van der Waals surface area contributed by atoms with Crippen LogP contribution in [0.4, 0.5) is 28.9 Å². The highest BCUT2D eigenvalue weighted by molar-refractivity contribution is 7.81. The average Bonchev–Trinajstić information content (AvgIpc) is 3.04. The summed E-state index contributed by atoms with van der Waals surface area (Å²) in [6, 6.07) is 10.3. The van der Waals surface area contributed by atoms with Gasteiger partial charge in [-0.05, 0) is 36.4 Å². The van der Waals surface area contributed by atoms with Crippen LogP contribution in [0.25, 0.3) is 0 Å². The lowest BCUT2D eigenvalue weighted by Gasteiger charge is -2.16. The zero-order chi connectivity index (χ0) is 22.8. The van der Waals surface area contributed by atoms with Gasteiger partial charge in [-0.15, -0.1) is 0 Å². The minimum Gasteiger partial charge on any atom is -0.435 e. The number of anilines is 2. The summed E-state index contributed by atoms with van der Waals surface area (Å²) in [7, 11) is 0. The van der Waals surface area contributed by atoms with Crippen LogP contribution in [-0.4, -0.2) is 29.9 Å². The van der Waals surface area contributed by atoms with Crippen molar-refractivity contribution in [2.45, 2.75) is 19.5 Å². The van der Waals surface area contributed by atoms with Crippen LogP contribution >= 0.6 is 12.6 Å². The van der Waals surface area contributed by atoms with Crippen molar-refractivity contribution in [1.82, 2.24) is 0 Å². The van der Waals surface area contributed by atoms with Crippen molar-refractivity contribution in [3.05, 3.63) is 54.1 Å². The molecule has 3 rings (SSSR count). The normalized spacial score (nSPS) is 16.5. The van der Waals surface area contributed by atoms with Gasteiger partial charge in [-0.3, -0.25) is 9.59 Å². The van der Waals surface area contributed by atoms with Gasteiger partial charge in [-0.2, -0.15) is 31.5 Å². The molecule has 2 aromatic rings. The fourth-order valence-electron chi connectivity index (χ4n) is 2.92. The van der Waals surface area contributed by atoms with Gasteiger partial charge in [-0.25, -0.2) is 8.78 Å². The number of thiol groups is 1. The minimum absolute atomic E-state index is 0.0139. The number of halogens is 4. The number of hydrazone groups is 1. The Bertz CT molecular complexity index is 1010. The summed E-state index contributed by atoms with van der Waals surface area (Å²) >= 11 is 4.11.